The van der Waals surface area contributed by atoms with Crippen LogP contribution in [0.5, 0.6) is 0 Å². The third-order valence-electron chi connectivity index (χ3n) is 3.98. The number of nitriles is 1. The van der Waals surface area contributed by atoms with Crippen LogP contribution < -0.4 is 10.2 Å². The fourth-order valence-electron chi connectivity index (χ4n) is 2.63. The Bertz CT molecular complexity index is 978. The first-order valence-electron chi connectivity index (χ1n) is 8.47. The molecule has 3 rings (SSSR count). The number of amides is 1. The topological polar surface area (TPSA) is 81.9 Å². The second-order valence-electron chi connectivity index (χ2n) is 6.14. The molecule has 27 heavy (non-hydrogen) atoms. The molecule has 0 aliphatic rings. The maximum Gasteiger partial charge on any atom is 0.274 e. The zero-order valence-electron chi connectivity index (χ0n) is 15.2. The Labute approximate surface area is 158 Å². The molecule has 1 aromatic heterocycles. The van der Waals surface area contributed by atoms with Crippen molar-refractivity contribution in [3.63, 3.8) is 0 Å². The molecule has 0 saturated heterocycles. The highest BCUT2D eigenvalue weighted by Crippen LogP contribution is 2.16. The van der Waals surface area contributed by atoms with Crippen molar-refractivity contribution in [1.29, 1.82) is 5.26 Å². The minimum atomic E-state index is -0.320. The lowest BCUT2D eigenvalue weighted by Gasteiger charge is -2.19. The summed E-state index contributed by atoms with van der Waals surface area (Å²) in [6.07, 6.45) is 0. The fourth-order valence-corrected chi connectivity index (χ4v) is 2.63. The normalized spacial score (nSPS) is 10.1. The Morgan fingerprint density at radius 2 is 1.81 bits per heavy atom. The van der Waals surface area contributed by atoms with Gasteiger partial charge in [-0.2, -0.15) is 5.26 Å². The van der Waals surface area contributed by atoms with Crippen LogP contribution in [-0.2, 0) is 6.54 Å². The molecule has 0 atom stereocenters. The van der Waals surface area contributed by atoms with E-state index in [0.29, 0.717) is 35.1 Å². The predicted octanol–water partition coefficient (Wildman–Crippen LogP) is 3.55. The molecule has 1 amide bonds. The van der Waals surface area contributed by atoms with Gasteiger partial charge >= 0.3 is 0 Å². The monoisotopic (exact) mass is 357 g/mol. The van der Waals surface area contributed by atoms with Gasteiger partial charge < -0.3 is 10.2 Å². The molecule has 0 bridgehead atoms. The van der Waals surface area contributed by atoms with Gasteiger partial charge in [0, 0.05) is 25.3 Å². The van der Waals surface area contributed by atoms with E-state index in [0.717, 1.165) is 5.56 Å². The van der Waals surface area contributed by atoms with Gasteiger partial charge in [-0.05, 0) is 36.8 Å². The first kappa shape index (κ1) is 18.1. The van der Waals surface area contributed by atoms with E-state index < -0.39 is 0 Å². The molecule has 6 heteroatoms. The van der Waals surface area contributed by atoms with Crippen molar-refractivity contribution < 1.29 is 4.79 Å². The number of hydrogen-bond donors (Lipinski definition) is 1. The lowest BCUT2D eigenvalue weighted by atomic mass is 10.2. The Morgan fingerprint density at radius 1 is 1.11 bits per heavy atom. The summed E-state index contributed by atoms with van der Waals surface area (Å²) >= 11 is 0. The summed E-state index contributed by atoms with van der Waals surface area (Å²) in [6, 6.07) is 20.5. The fraction of sp³-hybridized carbons (Fsp3) is 0.143. The molecule has 0 aliphatic heterocycles. The minimum Gasteiger partial charge on any atom is -0.355 e. The van der Waals surface area contributed by atoms with E-state index in [1.165, 1.54) is 0 Å². The van der Waals surface area contributed by atoms with Crippen LogP contribution in [-0.4, -0.2) is 22.9 Å². The molecule has 0 saturated carbocycles. The van der Waals surface area contributed by atoms with Crippen LogP contribution in [0.1, 0.15) is 27.4 Å². The Kier molecular flexibility index (Phi) is 5.43. The molecule has 0 unspecified atom stereocenters. The van der Waals surface area contributed by atoms with Crippen LogP contribution in [0.15, 0.2) is 60.7 Å². The number of carbonyl (C=O) groups is 1. The van der Waals surface area contributed by atoms with Crippen LogP contribution in [0.4, 0.5) is 11.5 Å². The smallest absolute Gasteiger partial charge is 0.274 e. The summed E-state index contributed by atoms with van der Waals surface area (Å²) in [5.74, 6) is 0.883. The van der Waals surface area contributed by atoms with Gasteiger partial charge in [0.1, 0.15) is 17.3 Å². The van der Waals surface area contributed by atoms with E-state index in [-0.39, 0.29) is 5.91 Å². The summed E-state index contributed by atoms with van der Waals surface area (Å²) in [6.45, 7) is 2.44. The highest BCUT2D eigenvalue weighted by molar-refractivity contribution is 6.03. The van der Waals surface area contributed by atoms with Gasteiger partial charge in [-0.3, -0.25) is 4.79 Å². The molecule has 2 aromatic carbocycles. The molecule has 0 aliphatic carbocycles. The van der Waals surface area contributed by atoms with Crippen molar-refractivity contribution in [1.82, 2.24) is 9.97 Å². The Morgan fingerprint density at radius 3 is 2.48 bits per heavy atom. The van der Waals surface area contributed by atoms with E-state index in [2.05, 4.69) is 15.3 Å². The van der Waals surface area contributed by atoms with E-state index >= 15 is 0 Å². The summed E-state index contributed by atoms with van der Waals surface area (Å²) in [7, 11) is 1.93. The van der Waals surface area contributed by atoms with Crippen molar-refractivity contribution in [2.75, 3.05) is 17.3 Å². The van der Waals surface area contributed by atoms with E-state index in [1.807, 2.05) is 48.3 Å². The van der Waals surface area contributed by atoms with Crippen LogP contribution in [0.3, 0.4) is 0 Å². The number of anilines is 2. The number of aryl methyl sites for hydroxylation is 1. The number of nitrogens with zero attached hydrogens (tertiary/aromatic N) is 4. The maximum atomic E-state index is 12.6. The molecule has 3 aromatic rings. The third-order valence-corrected chi connectivity index (χ3v) is 3.98. The first-order chi connectivity index (χ1) is 13.0. The van der Waals surface area contributed by atoms with Crippen molar-refractivity contribution in [3.05, 3.63) is 83.3 Å². The Balaban J connectivity index is 1.77. The van der Waals surface area contributed by atoms with Gasteiger partial charge in [-0.15, -0.1) is 0 Å². The summed E-state index contributed by atoms with van der Waals surface area (Å²) in [5, 5.41) is 11.6. The molecule has 1 N–H and O–H groups in total. The van der Waals surface area contributed by atoms with Gasteiger partial charge in [-0.1, -0.05) is 30.3 Å². The number of nitrogens with one attached hydrogen (secondary N) is 1. The molecule has 0 radical (unpaired) electrons. The highest BCUT2D eigenvalue weighted by atomic mass is 16.1. The number of benzene rings is 2. The molecular weight excluding hydrogens is 338 g/mol. The van der Waals surface area contributed by atoms with E-state index in [4.69, 9.17) is 5.26 Å². The van der Waals surface area contributed by atoms with Gasteiger partial charge in [0.05, 0.1) is 11.6 Å². The van der Waals surface area contributed by atoms with Gasteiger partial charge in [0.25, 0.3) is 5.91 Å². The predicted molar refractivity (Wildman–Crippen MR) is 104 cm³/mol. The van der Waals surface area contributed by atoms with Crippen LogP contribution in [0.2, 0.25) is 0 Å². The van der Waals surface area contributed by atoms with Crippen LogP contribution >= 0.6 is 0 Å². The third kappa shape index (κ3) is 4.67. The largest absolute Gasteiger partial charge is 0.355 e. The summed E-state index contributed by atoms with van der Waals surface area (Å²) in [4.78, 5) is 23.2. The van der Waals surface area contributed by atoms with Gasteiger partial charge in [-0.25, -0.2) is 9.97 Å². The van der Waals surface area contributed by atoms with Crippen molar-refractivity contribution in [3.8, 4) is 6.07 Å². The quantitative estimate of drug-likeness (QED) is 0.755. The molecule has 1 heterocycles. The Hall–Kier alpha value is -3.72. The molecule has 0 spiro atoms. The average Bonchev–Trinajstić information content (AvgIpc) is 2.69. The van der Waals surface area contributed by atoms with Crippen molar-refractivity contribution >= 4 is 17.4 Å². The highest BCUT2D eigenvalue weighted by Gasteiger charge is 2.13. The van der Waals surface area contributed by atoms with Gasteiger partial charge in [0.15, 0.2) is 0 Å². The standard InChI is InChI=1S/C21H19N5O/c1-15-23-19(21(27)25-18-10-8-16(13-22)9-11-18)12-20(24-15)26(2)14-17-6-4-3-5-7-17/h3-12H,14H2,1-2H3,(H,25,27). The zero-order chi connectivity index (χ0) is 19.2. The molecular formula is C21H19N5O. The van der Waals surface area contributed by atoms with Crippen molar-refractivity contribution in [2.24, 2.45) is 0 Å². The summed E-state index contributed by atoms with van der Waals surface area (Å²) in [5.41, 5.74) is 2.59. The molecule has 6 nitrogen and oxygen atoms in total. The minimum absolute atomic E-state index is 0.293. The number of rotatable bonds is 5. The van der Waals surface area contributed by atoms with Crippen LogP contribution in [0, 0.1) is 18.3 Å². The number of aromatic nitrogens is 2. The lowest BCUT2D eigenvalue weighted by Crippen LogP contribution is -2.21. The lowest BCUT2D eigenvalue weighted by molar-refractivity contribution is 0.102. The SMILES string of the molecule is Cc1nc(C(=O)Nc2ccc(C#N)cc2)cc(N(C)Cc2ccccc2)n1. The van der Waals surface area contributed by atoms with Crippen LogP contribution in [0.25, 0.3) is 0 Å². The molecule has 134 valence electrons. The first-order valence-corrected chi connectivity index (χ1v) is 8.47. The average molecular weight is 357 g/mol. The van der Waals surface area contributed by atoms with Crippen molar-refractivity contribution in [2.45, 2.75) is 13.5 Å². The molecule has 0 fully saturated rings. The number of carbonyl (C=O) groups excluding carboxylic acids is 1. The van der Waals surface area contributed by atoms with E-state index in [1.54, 1.807) is 37.3 Å². The van der Waals surface area contributed by atoms with Gasteiger partial charge in [0.2, 0.25) is 0 Å². The van der Waals surface area contributed by atoms with E-state index in [9.17, 15) is 4.79 Å². The second kappa shape index (κ2) is 8.11. The second-order valence-corrected chi connectivity index (χ2v) is 6.14. The zero-order valence-corrected chi connectivity index (χ0v) is 15.2. The number of hydrogen-bond acceptors (Lipinski definition) is 5. The maximum absolute atomic E-state index is 12.6. The summed E-state index contributed by atoms with van der Waals surface area (Å²) < 4.78 is 0.